The van der Waals surface area contributed by atoms with Crippen molar-refractivity contribution in [1.82, 2.24) is 4.98 Å². The second kappa shape index (κ2) is 9.02. The highest BCUT2D eigenvalue weighted by Gasteiger charge is 2.11. The number of para-hydroxylation sites is 1. The van der Waals surface area contributed by atoms with Crippen LogP contribution in [0.3, 0.4) is 0 Å². The molecule has 5 heteroatoms. The van der Waals surface area contributed by atoms with E-state index in [0.717, 1.165) is 28.3 Å². The molecular weight excluding hydrogens is 356 g/mol. The molecule has 0 saturated heterocycles. The normalized spacial score (nSPS) is 11.1. The first kappa shape index (κ1) is 18.7. The lowest BCUT2D eigenvalue weighted by atomic mass is 10.1. The summed E-state index contributed by atoms with van der Waals surface area (Å²) in [7, 11) is 0. The van der Waals surface area contributed by atoms with Crippen molar-refractivity contribution >= 4 is 23.0 Å². The lowest BCUT2D eigenvalue weighted by Gasteiger charge is -2.06. The van der Waals surface area contributed by atoms with Crippen molar-refractivity contribution in [1.29, 1.82) is 5.26 Å². The van der Waals surface area contributed by atoms with Crippen LogP contribution in [-0.2, 0) is 0 Å². The minimum Gasteiger partial charge on any atom is -0.494 e. The fraction of sp³-hybridized carbons (Fsp3) is 0.182. The molecule has 0 radical (unpaired) electrons. The van der Waals surface area contributed by atoms with Crippen LogP contribution in [0.5, 0.6) is 11.5 Å². The Morgan fingerprint density at radius 1 is 1.07 bits per heavy atom. The van der Waals surface area contributed by atoms with E-state index in [9.17, 15) is 5.26 Å². The van der Waals surface area contributed by atoms with Gasteiger partial charge in [0.05, 0.1) is 24.5 Å². The van der Waals surface area contributed by atoms with Gasteiger partial charge in [0.25, 0.3) is 0 Å². The van der Waals surface area contributed by atoms with Crippen molar-refractivity contribution in [2.75, 3.05) is 13.2 Å². The molecule has 1 aromatic heterocycles. The Kier molecular flexibility index (Phi) is 6.24. The maximum absolute atomic E-state index is 9.63. The SMILES string of the molecule is CCOc1ccc(-c2csc(C(C#N)=Cc3ccccc3OCC)n2)cc1. The first-order valence-electron chi connectivity index (χ1n) is 8.78. The van der Waals surface area contributed by atoms with Gasteiger partial charge < -0.3 is 9.47 Å². The van der Waals surface area contributed by atoms with Gasteiger partial charge in [-0.3, -0.25) is 0 Å². The van der Waals surface area contributed by atoms with Crippen LogP contribution in [0.1, 0.15) is 24.4 Å². The van der Waals surface area contributed by atoms with E-state index in [1.165, 1.54) is 11.3 Å². The third-order valence-electron chi connectivity index (χ3n) is 3.83. The molecule has 0 aliphatic rings. The monoisotopic (exact) mass is 376 g/mol. The summed E-state index contributed by atoms with van der Waals surface area (Å²) in [6, 6.07) is 17.7. The number of nitrogens with zero attached hydrogens (tertiary/aromatic N) is 2. The predicted octanol–water partition coefficient (Wildman–Crippen LogP) is 5.67. The van der Waals surface area contributed by atoms with E-state index in [2.05, 4.69) is 11.1 Å². The molecular formula is C22H20N2O2S. The molecule has 4 nitrogen and oxygen atoms in total. The second-order valence-corrected chi connectivity index (χ2v) is 6.49. The zero-order valence-electron chi connectivity index (χ0n) is 15.3. The van der Waals surface area contributed by atoms with Gasteiger partial charge in [-0.05, 0) is 50.3 Å². The average molecular weight is 376 g/mol. The minimum atomic E-state index is 0.518. The van der Waals surface area contributed by atoms with Gasteiger partial charge in [-0.2, -0.15) is 5.26 Å². The van der Waals surface area contributed by atoms with Gasteiger partial charge >= 0.3 is 0 Å². The largest absolute Gasteiger partial charge is 0.494 e. The number of hydrogen-bond donors (Lipinski definition) is 0. The van der Waals surface area contributed by atoms with Crippen LogP contribution >= 0.6 is 11.3 Å². The Morgan fingerprint density at radius 2 is 1.81 bits per heavy atom. The number of nitriles is 1. The van der Waals surface area contributed by atoms with Crippen LogP contribution < -0.4 is 9.47 Å². The van der Waals surface area contributed by atoms with Crippen molar-refractivity contribution in [3.63, 3.8) is 0 Å². The van der Waals surface area contributed by atoms with Crippen LogP contribution in [0, 0.1) is 11.3 Å². The number of rotatable bonds is 7. The molecule has 136 valence electrons. The van der Waals surface area contributed by atoms with Crippen molar-refractivity contribution in [3.05, 3.63) is 64.5 Å². The lowest BCUT2D eigenvalue weighted by molar-refractivity contribution is 0.339. The summed E-state index contributed by atoms with van der Waals surface area (Å²) in [5.41, 5.74) is 3.23. The van der Waals surface area contributed by atoms with Crippen LogP contribution in [0.15, 0.2) is 53.9 Å². The van der Waals surface area contributed by atoms with Gasteiger partial charge in [0.15, 0.2) is 0 Å². The summed E-state index contributed by atoms with van der Waals surface area (Å²) in [5.74, 6) is 1.60. The first-order chi connectivity index (χ1) is 13.2. The smallest absolute Gasteiger partial charge is 0.134 e. The molecule has 1 heterocycles. The molecule has 3 aromatic rings. The zero-order chi connectivity index (χ0) is 19.1. The second-order valence-electron chi connectivity index (χ2n) is 5.64. The Bertz CT molecular complexity index is 968. The molecule has 0 fully saturated rings. The van der Waals surface area contributed by atoms with E-state index < -0.39 is 0 Å². The van der Waals surface area contributed by atoms with Crippen molar-refractivity contribution < 1.29 is 9.47 Å². The molecule has 0 amide bonds. The highest BCUT2D eigenvalue weighted by Crippen LogP contribution is 2.30. The van der Waals surface area contributed by atoms with E-state index in [1.54, 1.807) is 0 Å². The van der Waals surface area contributed by atoms with Crippen LogP contribution in [0.2, 0.25) is 0 Å². The molecule has 0 unspecified atom stereocenters. The molecule has 0 aliphatic carbocycles. The van der Waals surface area contributed by atoms with Gasteiger partial charge in [-0.15, -0.1) is 11.3 Å². The summed E-state index contributed by atoms with van der Waals surface area (Å²) in [4.78, 5) is 4.65. The molecule has 27 heavy (non-hydrogen) atoms. The Morgan fingerprint density at radius 3 is 2.52 bits per heavy atom. The Balaban J connectivity index is 1.89. The summed E-state index contributed by atoms with van der Waals surface area (Å²) in [6.07, 6.45) is 1.83. The molecule has 0 spiro atoms. The average Bonchev–Trinajstić information content (AvgIpc) is 3.18. The number of allylic oxidation sites excluding steroid dienone is 1. The maximum atomic E-state index is 9.63. The highest BCUT2D eigenvalue weighted by atomic mass is 32.1. The van der Waals surface area contributed by atoms with E-state index >= 15 is 0 Å². The van der Waals surface area contributed by atoms with Gasteiger partial charge in [-0.25, -0.2) is 4.98 Å². The highest BCUT2D eigenvalue weighted by molar-refractivity contribution is 7.11. The third kappa shape index (κ3) is 4.55. The summed E-state index contributed by atoms with van der Waals surface area (Å²) in [6.45, 7) is 5.11. The van der Waals surface area contributed by atoms with E-state index in [0.29, 0.717) is 23.8 Å². The fourth-order valence-corrected chi connectivity index (χ4v) is 3.40. The standard InChI is InChI=1S/C22H20N2O2S/c1-3-25-19-11-9-16(10-12-19)20-15-27-22(24-20)18(14-23)13-17-7-5-6-8-21(17)26-4-2/h5-13,15H,3-4H2,1-2H3. The number of ether oxygens (including phenoxy) is 2. The van der Waals surface area contributed by atoms with Crippen LogP contribution in [-0.4, -0.2) is 18.2 Å². The topological polar surface area (TPSA) is 55.1 Å². The third-order valence-corrected chi connectivity index (χ3v) is 4.71. The number of thiazole rings is 1. The summed E-state index contributed by atoms with van der Waals surface area (Å²) in [5, 5.41) is 12.3. The number of aromatic nitrogens is 1. The lowest BCUT2D eigenvalue weighted by Crippen LogP contribution is -1.93. The Hall–Kier alpha value is -3.10. The van der Waals surface area contributed by atoms with Crippen molar-refractivity contribution in [2.24, 2.45) is 0 Å². The van der Waals surface area contributed by atoms with Crippen LogP contribution in [0.4, 0.5) is 0 Å². The maximum Gasteiger partial charge on any atom is 0.134 e. The quantitative estimate of drug-likeness (QED) is 0.498. The molecule has 2 aromatic carbocycles. The van der Waals surface area contributed by atoms with E-state index in [4.69, 9.17) is 9.47 Å². The zero-order valence-corrected chi connectivity index (χ0v) is 16.1. The summed E-state index contributed by atoms with van der Waals surface area (Å²) < 4.78 is 11.1. The molecule has 0 bridgehead atoms. The number of benzene rings is 2. The van der Waals surface area contributed by atoms with Crippen molar-refractivity contribution in [2.45, 2.75) is 13.8 Å². The van der Waals surface area contributed by atoms with Gasteiger partial charge in [0.2, 0.25) is 0 Å². The summed E-state index contributed by atoms with van der Waals surface area (Å²) >= 11 is 1.46. The van der Waals surface area contributed by atoms with Gasteiger partial charge in [-0.1, -0.05) is 18.2 Å². The van der Waals surface area contributed by atoms with Gasteiger partial charge in [0.1, 0.15) is 22.6 Å². The van der Waals surface area contributed by atoms with E-state index in [-0.39, 0.29) is 0 Å². The predicted molar refractivity (Wildman–Crippen MR) is 110 cm³/mol. The Labute approximate surface area is 163 Å². The first-order valence-corrected chi connectivity index (χ1v) is 9.65. The fourth-order valence-electron chi connectivity index (χ4n) is 2.60. The molecule has 0 N–H and O–H groups in total. The number of hydrogen-bond acceptors (Lipinski definition) is 5. The van der Waals surface area contributed by atoms with Gasteiger partial charge in [0, 0.05) is 16.5 Å². The molecule has 3 rings (SSSR count). The minimum absolute atomic E-state index is 0.518. The molecule has 0 atom stereocenters. The van der Waals surface area contributed by atoms with Crippen LogP contribution in [0.25, 0.3) is 22.9 Å². The molecule has 0 aliphatic heterocycles. The van der Waals surface area contributed by atoms with E-state index in [1.807, 2.05) is 73.8 Å². The molecule has 0 saturated carbocycles. The van der Waals surface area contributed by atoms with Crippen molar-refractivity contribution in [3.8, 4) is 28.8 Å².